The van der Waals surface area contributed by atoms with Crippen LogP contribution in [-0.2, 0) is 14.4 Å². The van der Waals surface area contributed by atoms with Gasteiger partial charge in [0, 0.05) is 19.2 Å². The topological polar surface area (TPSA) is 90.0 Å². The number of carboxylic acids is 1. The van der Waals surface area contributed by atoms with Crippen molar-refractivity contribution in [2.24, 2.45) is 17.3 Å². The van der Waals surface area contributed by atoms with Crippen LogP contribution in [0, 0.1) is 17.3 Å². The number of carboxylic acid groups (broad SMARTS) is 1. The van der Waals surface area contributed by atoms with Gasteiger partial charge >= 0.3 is 5.97 Å². The molecular formula is C23H41N3O4. The fourth-order valence-electron chi connectivity index (χ4n) is 4.02. The van der Waals surface area contributed by atoms with E-state index in [1.807, 2.05) is 41.7 Å². The van der Waals surface area contributed by atoms with Crippen LogP contribution in [0.2, 0.25) is 0 Å². The van der Waals surface area contributed by atoms with E-state index < -0.39 is 17.4 Å². The van der Waals surface area contributed by atoms with E-state index in [1.54, 1.807) is 18.0 Å². The van der Waals surface area contributed by atoms with E-state index in [0.29, 0.717) is 5.92 Å². The Labute approximate surface area is 181 Å². The van der Waals surface area contributed by atoms with E-state index in [-0.39, 0.29) is 35.4 Å². The highest BCUT2D eigenvalue weighted by molar-refractivity contribution is 5.91. The van der Waals surface area contributed by atoms with Crippen molar-refractivity contribution >= 4 is 17.8 Å². The first-order chi connectivity index (χ1) is 13.7. The number of carbonyl (C=O) groups excluding carboxylic acids is 2. The van der Waals surface area contributed by atoms with Crippen LogP contribution in [0.1, 0.15) is 61.3 Å². The minimum atomic E-state index is -1.00. The summed E-state index contributed by atoms with van der Waals surface area (Å²) >= 11 is 0. The number of amides is 2. The predicted molar refractivity (Wildman–Crippen MR) is 119 cm³/mol. The quantitative estimate of drug-likeness (QED) is 0.615. The highest BCUT2D eigenvalue weighted by Gasteiger charge is 2.39. The summed E-state index contributed by atoms with van der Waals surface area (Å²) < 4.78 is 0. The maximum Gasteiger partial charge on any atom is 0.331 e. The number of likely N-dealkylation sites (tertiary alicyclic amines) is 1. The summed E-state index contributed by atoms with van der Waals surface area (Å²) in [6.07, 6.45) is 3.38. The molecule has 7 nitrogen and oxygen atoms in total. The third-order valence-electron chi connectivity index (χ3n) is 6.00. The van der Waals surface area contributed by atoms with Crippen molar-refractivity contribution in [3.05, 3.63) is 11.6 Å². The Morgan fingerprint density at radius 2 is 1.77 bits per heavy atom. The third kappa shape index (κ3) is 6.83. The Bertz CT molecular complexity index is 666. The zero-order valence-electron chi connectivity index (χ0n) is 20.2. The Hall–Kier alpha value is -1.89. The molecule has 7 heteroatoms. The molecule has 1 aliphatic heterocycles. The summed E-state index contributed by atoms with van der Waals surface area (Å²) in [6.45, 7) is 14.3. The summed E-state index contributed by atoms with van der Waals surface area (Å²) in [7, 11) is 3.63. The zero-order chi connectivity index (χ0) is 23.4. The molecule has 0 aromatic heterocycles. The molecule has 0 saturated carbocycles. The molecule has 1 heterocycles. The zero-order valence-corrected chi connectivity index (χ0v) is 20.2. The highest BCUT2D eigenvalue weighted by atomic mass is 16.4. The second-order valence-corrected chi connectivity index (χ2v) is 10.3. The lowest BCUT2D eigenvalue weighted by Gasteiger charge is -2.40. The van der Waals surface area contributed by atoms with Gasteiger partial charge in [-0.05, 0) is 44.1 Å². The molecule has 0 spiro atoms. The molecule has 4 atom stereocenters. The third-order valence-corrected chi connectivity index (χ3v) is 6.00. The highest BCUT2D eigenvalue weighted by Crippen LogP contribution is 2.25. The van der Waals surface area contributed by atoms with Crippen LogP contribution in [0.3, 0.4) is 0 Å². The number of carbonyl (C=O) groups is 3. The van der Waals surface area contributed by atoms with Crippen LogP contribution >= 0.6 is 0 Å². The van der Waals surface area contributed by atoms with Crippen LogP contribution in [0.5, 0.6) is 0 Å². The van der Waals surface area contributed by atoms with E-state index >= 15 is 0 Å². The van der Waals surface area contributed by atoms with Crippen molar-refractivity contribution in [2.45, 2.75) is 79.4 Å². The van der Waals surface area contributed by atoms with Gasteiger partial charge in [-0.25, -0.2) is 4.79 Å². The molecule has 1 saturated heterocycles. The lowest BCUT2D eigenvalue weighted by molar-refractivity contribution is -0.141. The molecular weight excluding hydrogens is 382 g/mol. The van der Waals surface area contributed by atoms with Crippen molar-refractivity contribution < 1.29 is 19.5 Å². The molecule has 2 amide bonds. The molecule has 2 N–H and O–H groups in total. The number of aliphatic carboxylic acids is 1. The van der Waals surface area contributed by atoms with Gasteiger partial charge in [-0.1, -0.05) is 47.6 Å². The first-order valence-electron chi connectivity index (χ1n) is 10.9. The molecule has 0 aromatic carbocycles. The molecule has 1 fully saturated rings. The Kier molecular flexibility index (Phi) is 9.08. The summed E-state index contributed by atoms with van der Waals surface area (Å²) in [5.74, 6) is -0.756. The number of piperidine rings is 1. The van der Waals surface area contributed by atoms with Crippen molar-refractivity contribution in [1.82, 2.24) is 15.1 Å². The number of rotatable bonds is 7. The lowest BCUT2D eigenvalue weighted by atomic mass is 9.84. The minimum absolute atomic E-state index is 0.0236. The first-order valence-corrected chi connectivity index (χ1v) is 10.9. The van der Waals surface area contributed by atoms with Crippen molar-refractivity contribution in [3.8, 4) is 0 Å². The smallest absolute Gasteiger partial charge is 0.331 e. The van der Waals surface area contributed by atoms with Crippen molar-refractivity contribution in [3.63, 3.8) is 0 Å². The minimum Gasteiger partial charge on any atom is -0.478 e. The monoisotopic (exact) mass is 423 g/mol. The van der Waals surface area contributed by atoms with Gasteiger partial charge < -0.3 is 15.3 Å². The second-order valence-electron chi connectivity index (χ2n) is 10.3. The van der Waals surface area contributed by atoms with Crippen LogP contribution < -0.4 is 5.32 Å². The van der Waals surface area contributed by atoms with Crippen molar-refractivity contribution in [2.75, 3.05) is 20.6 Å². The Morgan fingerprint density at radius 3 is 2.20 bits per heavy atom. The fraction of sp³-hybridized carbons (Fsp3) is 0.783. The molecule has 1 aliphatic rings. The molecule has 30 heavy (non-hydrogen) atoms. The standard InChI is InChI=1S/C23H41N3O4/c1-14(2)18(12-16(4)22(29)30)26(9)21(28)19(23(5,6)7)24-20(27)17-11-10-15(3)13-25(17)8/h12,14-15,17-19H,10-11,13H2,1-9H3,(H,24,27)(H,29,30)/b16-12+/t15-,17-,18-,19-/m1/s1. The van der Waals surface area contributed by atoms with Gasteiger partial charge in [-0.3, -0.25) is 14.5 Å². The average molecular weight is 424 g/mol. The van der Waals surface area contributed by atoms with Gasteiger partial charge in [0.1, 0.15) is 6.04 Å². The molecule has 1 rings (SSSR count). The molecule has 0 aliphatic carbocycles. The predicted octanol–water partition coefficient (Wildman–Crippen LogP) is 2.76. The van der Waals surface area contributed by atoms with Gasteiger partial charge in [-0.2, -0.15) is 0 Å². The number of likely N-dealkylation sites (N-methyl/N-ethyl adjacent to an activating group) is 2. The lowest BCUT2D eigenvalue weighted by Crippen LogP contribution is -2.60. The van der Waals surface area contributed by atoms with Crippen LogP contribution in [-0.4, -0.2) is 71.5 Å². The van der Waals surface area contributed by atoms with Crippen LogP contribution in [0.25, 0.3) is 0 Å². The maximum atomic E-state index is 13.5. The van der Waals surface area contributed by atoms with Gasteiger partial charge in [-0.15, -0.1) is 0 Å². The van der Waals surface area contributed by atoms with E-state index in [0.717, 1.165) is 19.4 Å². The van der Waals surface area contributed by atoms with Crippen LogP contribution in [0.4, 0.5) is 0 Å². The average Bonchev–Trinajstić information content (AvgIpc) is 2.61. The summed E-state index contributed by atoms with van der Waals surface area (Å²) in [4.78, 5) is 41.4. The largest absolute Gasteiger partial charge is 0.478 e. The van der Waals surface area contributed by atoms with Gasteiger partial charge in [0.25, 0.3) is 0 Å². The SMILES string of the molecule is C/C(=C\[C@H](C(C)C)N(C)C(=O)[C@@H](NC(=O)[C@H]1CC[C@@H](C)CN1C)C(C)(C)C)C(=O)O. The summed E-state index contributed by atoms with van der Waals surface area (Å²) in [5.41, 5.74) is -0.295. The molecule has 0 aromatic rings. The van der Waals surface area contributed by atoms with Gasteiger partial charge in [0.2, 0.25) is 11.8 Å². The fourth-order valence-corrected chi connectivity index (χ4v) is 4.02. The molecule has 0 unspecified atom stereocenters. The van der Waals surface area contributed by atoms with E-state index in [4.69, 9.17) is 0 Å². The molecule has 172 valence electrons. The Morgan fingerprint density at radius 1 is 1.20 bits per heavy atom. The number of hydrogen-bond donors (Lipinski definition) is 2. The maximum absolute atomic E-state index is 13.5. The number of nitrogens with zero attached hydrogens (tertiary/aromatic N) is 2. The normalized spacial score (nSPS) is 23.1. The number of nitrogens with one attached hydrogen (secondary N) is 1. The van der Waals surface area contributed by atoms with E-state index in [9.17, 15) is 19.5 Å². The second kappa shape index (κ2) is 10.4. The molecule has 0 bridgehead atoms. The first kappa shape index (κ1) is 26.1. The van der Waals surface area contributed by atoms with Crippen molar-refractivity contribution in [1.29, 1.82) is 0 Å². The number of hydrogen-bond acceptors (Lipinski definition) is 4. The van der Waals surface area contributed by atoms with Gasteiger partial charge in [0.15, 0.2) is 0 Å². The summed E-state index contributed by atoms with van der Waals surface area (Å²) in [5, 5.41) is 12.3. The summed E-state index contributed by atoms with van der Waals surface area (Å²) in [6, 6.07) is -1.32. The van der Waals surface area contributed by atoms with Crippen LogP contribution in [0.15, 0.2) is 11.6 Å². The molecule has 0 radical (unpaired) electrons. The van der Waals surface area contributed by atoms with E-state index in [2.05, 4.69) is 17.1 Å². The van der Waals surface area contributed by atoms with E-state index in [1.165, 1.54) is 6.92 Å². The van der Waals surface area contributed by atoms with Gasteiger partial charge in [0.05, 0.1) is 12.1 Å². The Balaban J connectivity index is 3.09.